The average molecular weight is 246 g/mol. The zero-order valence-corrected chi connectivity index (χ0v) is 10.9. The third-order valence-corrected chi connectivity index (χ3v) is 3.07. The van der Waals surface area contributed by atoms with Gasteiger partial charge in [-0.1, -0.05) is 30.3 Å². The van der Waals surface area contributed by atoms with Crippen LogP contribution in [0.25, 0.3) is 10.8 Å². The van der Waals surface area contributed by atoms with Crippen molar-refractivity contribution in [2.45, 2.75) is 19.6 Å². The van der Waals surface area contributed by atoms with Crippen LogP contribution in [0.4, 0.5) is 0 Å². The maximum absolute atomic E-state index is 9.31. The first-order valence-electron chi connectivity index (χ1n) is 6.26. The van der Waals surface area contributed by atoms with Gasteiger partial charge in [-0.3, -0.25) is 0 Å². The number of fused-ring (bicyclic) bond motifs is 1. The van der Waals surface area contributed by atoms with E-state index in [0.717, 1.165) is 12.3 Å². The fourth-order valence-corrected chi connectivity index (χ4v) is 2.19. The highest BCUT2D eigenvalue weighted by Gasteiger charge is 2.10. The largest absolute Gasteiger partial charge is 0.496 e. The summed E-state index contributed by atoms with van der Waals surface area (Å²) < 4.78 is 5.43. The van der Waals surface area contributed by atoms with E-state index in [4.69, 9.17) is 4.74 Å². The number of hydrogen-bond donors (Lipinski definition) is 2. The zero-order valence-electron chi connectivity index (χ0n) is 10.9. The van der Waals surface area contributed by atoms with Crippen LogP contribution in [0, 0.1) is 0 Å². The number of benzene rings is 2. The van der Waals surface area contributed by atoms with Crippen LogP contribution in [-0.2, 0) is 6.54 Å². The van der Waals surface area contributed by atoms with Gasteiger partial charge in [-0.15, -0.1) is 0 Å². The van der Waals surface area contributed by atoms with Gasteiger partial charge in [0.2, 0.25) is 0 Å². The van der Waals surface area contributed by atoms with Crippen molar-refractivity contribution in [1.82, 2.24) is 0 Å². The van der Waals surface area contributed by atoms with Crippen LogP contribution >= 0.6 is 0 Å². The number of hydrogen-bond acceptors (Lipinski definition) is 2. The Bertz CT molecular complexity index is 523. The Morgan fingerprint density at radius 1 is 1.22 bits per heavy atom. The maximum Gasteiger partial charge on any atom is 0.128 e. The van der Waals surface area contributed by atoms with Gasteiger partial charge in [0.25, 0.3) is 0 Å². The van der Waals surface area contributed by atoms with Crippen molar-refractivity contribution in [3.63, 3.8) is 0 Å². The highest BCUT2D eigenvalue weighted by Crippen LogP contribution is 2.26. The SMILES string of the molecule is COc1ccc2ccccc2c1C[NH2+]C[C@H](C)O. The van der Waals surface area contributed by atoms with Gasteiger partial charge >= 0.3 is 0 Å². The van der Waals surface area contributed by atoms with Crippen molar-refractivity contribution < 1.29 is 15.2 Å². The predicted molar refractivity (Wildman–Crippen MR) is 72.7 cm³/mol. The van der Waals surface area contributed by atoms with Crippen molar-refractivity contribution in [1.29, 1.82) is 0 Å². The first kappa shape index (κ1) is 12.9. The van der Waals surface area contributed by atoms with Crippen molar-refractivity contribution >= 4 is 10.8 Å². The van der Waals surface area contributed by atoms with E-state index in [9.17, 15) is 5.11 Å². The molecule has 0 heterocycles. The lowest BCUT2D eigenvalue weighted by molar-refractivity contribution is -0.675. The molecular weight excluding hydrogens is 226 g/mol. The molecule has 0 aromatic heterocycles. The topological polar surface area (TPSA) is 46.1 Å². The Labute approximate surface area is 107 Å². The van der Waals surface area contributed by atoms with Gasteiger partial charge < -0.3 is 15.2 Å². The molecule has 2 aromatic carbocycles. The van der Waals surface area contributed by atoms with E-state index >= 15 is 0 Å². The highest BCUT2D eigenvalue weighted by molar-refractivity contribution is 5.87. The summed E-state index contributed by atoms with van der Waals surface area (Å²) in [6.45, 7) is 3.32. The Balaban J connectivity index is 2.32. The van der Waals surface area contributed by atoms with Crippen LogP contribution in [-0.4, -0.2) is 24.9 Å². The van der Waals surface area contributed by atoms with E-state index in [1.165, 1.54) is 16.3 Å². The summed E-state index contributed by atoms with van der Waals surface area (Å²) in [6, 6.07) is 12.4. The summed E-state index contributed by atoms with van der Waals surface area (Å²) in [7, 11) is 1.70. The van der Waals surface area contributed by atoms with Gasteiger partial charge in [-0.25, -0.2) is 0 Å². The molecular formula is C15H20NO2+. The van der Waals surface area contributed by atoms with Gasteiger partial charge in [0.1, 0.15) is 18.8 Å². The van der Waals surface area contributed by atoms with Crippen LogP contribution in [0.2, 0.25) is 0 Å². The Hall–Kier alpha value is -1.58. The molecule has 1 atom stereocenters. The smallest absolute Gasteiger partial charge is 0.128 e. The molecule has 3 nitrogen and oxygen atoms in total. The van der Waals surface area contributed by atoms with E-state index in [-0.39, 0.29) is 6.10 Å². The number of quaternary nitrogens is 1. The number of aliphatic hydroxyl groups excluding tert-OH is 1. The van der Waals surface area contributed by atoms with E-state index in [1.54, 1.807) is 14.0 Å². The molecule has 2 aromatic rings. The zero-order chi connectivity index (χ0) is 13.0. The summed E-state index contributed by atoms with van der Waals surface area (Å²) >= 11 is 0. The molecule has 3 N–H and O–H groups in total. The van der Waals surface area contributed by atoms with E-state index in [1.807, 2.05) is 18.2 Å². The minimum absolute atomic E-state index is 0.286. The van der Waals surface area contributed by atoms with Crippen molar-refractivity contribution in [3.05, 3.63) is 42.0 Å². The number of aliphatic hydroxyl groups is 1. The maximum atomic E-state index is 9.31. The van der Waals surface area contributed by atoms with E-state index in [2.05, 4.69) is 23.5 Å². The quantitative estimate of drug-likeness (QED) is 0.835. The molecule has 0 spiro atoms. The average Bonchev–Trinajstić information content (AvgIpc) is 2.38. The van der Waals surface area contributed by atoms with E-state index < -0.39 is 0 Å². The molecule has 0 radical (unpaired) electrons. The lowest BCUT2D eigenvalue weighted by Crippen LogP contribution is -2.84. The third kappa shape index (κ3) is 2.81. The van der Waals surface area contributed by atoms with E-state index in [0.29, 0.717) is 6.54 Å². The van der Waals surface area contributed by atoms with Crippen LogP contribution in [0.15, 0.2) is 36.4 Å². The van der Waals surface area contributed by atoms with Crippen LogP contribution in [0.5, 0.6) is 5.75 Å². The second kappa shape index (κ2) is 5.85. The lowest BCUT2D eigenvalue weighted by atomic mass is 10.0. The standard InChI is InChI=1S/C15H19NO2/c1-11(17)9-16-10-14-13-6-4-3-5-12(13)7-8-15(14)18-2/h3-8,11,16-17H,9-10H2,1-2H3/p+1/t11-/m0/s1. The Morgan fingerprint density at radius 2 is 2.00 bits per heavy atom. The van der Waals surface area contributed by atoms with Gasteiger partial charge in [0.05, 0.1) is 18.8 Å². The molecule has 18 heavy (non-hydrogen) atoms. The summed E-state index contributed by atoms with van der Waals surface area (Å²) in [5.41, 5.74) is 1.19. The molecule has 0 saturated heterocycles. The van der Waals surface area contributed by atoms with Crippen molar-refractivity contribution in [2.24, 2.45) is 0 Å². The number of nitrogens with two attached hydrogens (primary N) is 1. The third-order valence-electron chi connectivity index (χ3n) is 3.07. The molecule has 0 aliphatic carbocycles. The number of ether oxygens (including phenoxy) is 1. The highest BCUT2D eigenvalue weighted by atomic mass is 16.5. The Morgan fingerprint density at radius 3 is 2.72 bits per heavy atom. The second-order valence-corrected chi connectivity index (χ2v) is 4.55. The monoisotopic (exact) mass is 246 g/mol. The number of methoxy groups -OCH3 is 1. The fraction of sp³-hybridized carbons (Fsp3) is 0.333. The molecule has 0 saturated carbocycles. The van der Waals surface area contributed by atoms with Crippen LogP contribution in [0.3, 0.4) is 0 Å². The fourth-order valence-electron chi connectivity index (χ4n) is 2.19. The minimum Gasteiger partial charge on any atom is -0.496 e. The molecule has 0 amide bonds. The number of rotatable bonds is 5. The minimum atomic E-state index is -0.286. The predicted octanol–water partition coefficient (Wildman–Crippen LogP) is 1.29. The van der Waals surface area contributed by atoms with Gasteiger partial charge in [-0.05, 0) is 23.8 Å². The molecule has 0 aliphatic heterocycles. The second-order valence-electron chi connectivity index (χ2n) is 4.55. The van der Waals surface area contributed by atoms with Crippen LogP contribution in [0.1, 0.15) is 12.5 Å². The van der Waals surface area contributed by atoms with Crippen molar-refractivity contribution in [3.8, 4) is 5.75 Å². The van der Waals surface area contributed by atoms with Gasteiger partial charge in [-0.2, -0.15) is 0 Å². The molecule has 0 unspecified atom stereocenters. The summed E-state index contributed by atoms with van der Waals surface area (Å²) in [6.07, 6.45) is -0.286. The Kier molecular flexibility index (Phi) is 4.18. The first-order chi connectivity index (χ1) is 8.72. The normalized spacial score (nSPS) is 12.6. The molecule has 0 bridgehead atoms. The molecule has 3 heteroatoms. The first-order valence-corrected chi connectivity index (χ1v) is 6.26. The summed E-state index contributed by atoms with van der Waals surface area (Å²) in [4.78, 5) is 0. The van der Waals surface area contributed by atoms with Crippen LogP contribution < -0.4 is 10.1 Å². The molecule has 0 fully saturated rings. The molecule has 2 rings (SSSR count). The lowest BCUT2D eigenvalue weighted by Gasteiger charge is -2.11. The van der Waals surface area contributed by atoms with Gasteiger partial charge in [0, 0.05) is 0 Å². The molecule has 0 aliphatic rings. The van der Waals surface area contributed by atoms with Gasteiger partial charge in [0.15, 0.2) is 0 Å². The van der Waals surface area contributed by atoms with Crippen molar-refractivity contribution in [2.75, 3.05) is 13.7 Å². The summed E-state index contributed by atoms with van der Waals surface area (Å²) in [5.74, 6) is 0.913. The molecule has 96 valence electrons. The summed E-state index contributed by atoms with van der Waals surface area (Å²) in [5, 5.41) is 13.9.